The fourth-order valence-corrected chi connectivity index (χ4v) is 3.22. The molecule has 2 aromatic carbocycles. The predicted octanol–water partition coefficient (Wildman–Crippen LogP) is 0.0604. The number of hydrogen-bond donors (Lipinski definition) is 3. The molecule has 0 bridgehead atoms. The number of amides is 3. The van der Waals surface area contributed by atoms with Gasteiger partial charge in [-0.2, -0.15) is 0 Å². The van der Waals surface area contributed by atoms with Crippen molar-refractivity contribution >= 4 is 23.4 Å². The fourth-order valence-electron chi connectivity index (χ4n) is 3.22. The van der Waals surface area contributed by atoms with E-state index >= 15 is 0 Å². The summed E-state index contributed by atoms with van der Waals surface area (Å²) in [6.07, 6.45) is 0. The van der Waals surface area contributed by atoms with Gasteiger partial charge in [-0.1, -0.05) is 12.1 Å². The van der Waals surface area contributed by atoms with Crippen LogP contribution in [0.1, 0.15) is 10.4 Å². The highest BCUT2D eigenvalue weighted by atomic mass is 19.1. The number of carbonyl (C=O) groups is 3. The molecule has 3 N–H and O–H groups in total. The quantitative estimate of drug-likeness (QED) is 0.622. The van der Waals surface area contributed by atoms with Crippen LogP contribution in [0.2, 0.25) is 0 Å². The molecular formula is C21H23F2N4O3+. The number of benzene rings is 2. The monoisotopic (exact) mass is 417 g/mol. The number of anilines is 1. The molecule has 0 atom stereocenters. The molecule has 3 rings (SSSR count). The van der Waals surface area contributed by atoms with Crippen molar-refractivity contribution < 1.29 is 28.1 Å². The van der Waals surface area contributed by atoms with E-state index in [1.165, 1.54) is 42.5 Å². The summed E-state index contributed by atoms with van der Waals surface area (Å²) < 4.78 is 26.5. The highest BCUT2D eigenvalue weighted by molar-refractivity contribution is 5.96. The Bertz CT molecular complexity index is 913. The van der Waals surface area contributed by atoms with E-state index < -0.39 is 11.7 Å². The van der Waals surface area contributed by atoms with E-state index in [0.717, 1.165) is 4.90 Å². The molecule has 0 radical (unpaired) electrons. The topological polar surface area (TPSA) is 83.0 Å². The van der Waals surface area contributed by atoms with Gasteiger partial charge in [-0.05, 0) is 36.4 Å². The Morgan fingerprint density at radius 1 is 0.967 bits per heavy atom. The van der Waals surface area contributed by atoms with Crippen molar-refractivity contribution in [3.05, 3.63) is 65.7 Å². The summed E-state index contributed by atoms with van der Waals surface area (Å²) in [6, 6.07) is 11.1. The van der Waals surface area contributed by atoms with Crippen LogP contribution < -0.4 is 15.5 Å². The van der Waals surface area contributed by atoms with Crippen LogP contribution >= 0.6 is 0 Å². The van der Waals surface area contributed by atoms with Crippen molar-refractivity contribution in [2.24, 2.45) is 0 Å². The Morgan fingerprint density at radius 3 is 2.30 bits per heavy atom. The van der Waals surface area contributed by atoms with E-state index in [1.807, 2.05) is 0 Å². The number of halogens is 2. The Labute approximate surface area is 172 Å². The first-order valence-corrected chi connectivity index (χ1v) is 9.62. The molecule has 1 heterocycles. The Kier molecular flexibility index (Phi) is 7.08. The minimum Gasteiger partial charge on any atom is -0.343 e. The molecule has 7 nitrogen and oxygen atoms in total. The zero-order chi connectivity index (χ0) is 21.5. The lowest BCUT2D eigenvalue weighted by Gasteiger charge is -2.32. The van der Waals surface area contributed by atoms with E-state index in [4.69, 9.17) is 0 Å². The first-order chi connectivity index (χ1) is 14.4. The maximum Gasteiger partial charge on any atom is 0.279 e. The van der Waals surface area contributed by atoms with E-state index in [1.54, 1.807) is 11.0 Å². The molecule has 0 saturated carbocycles. The second kappa shape index (κ2) is 9.93. The smallest absolute Gasteiger partial charge is 0.279 e. The van der Waals surface area contributed by atoms with Crippen molar-refractivity contribution in [1.82, 2.24) is 10.2 Å². The SMILES string of the molecule is O=C(C[NH+]1CCN(C(=O)CNC(=O)c2ccccc2F)CC1)Nc1ccc(F)cc1. The predicted molar refractivity (Wildman–Crippen MR) is 106 cm³/mol. The van der Waals surface area contributed by atoms with Crippen LogP contribution in [0.15, 0.2) is 48.5 Å². The van der Waals surface area contributed by atoms with Crippen molar-refractivity contribution in [2.45, 2.75) is 0 Å². The van der Waals surface area contributed by atoms with Crippen LogP contribution in [0.25, 0.3) is 0 Å². The van der Waals surface area contributed by atoms with Gasteiger partial charge in [-0.15, -0.1) is 0 Å². The molecule has 1 aliphatic heterocycles. The number of piperazine rings is 1. The van der Waals surface area contributed by atoms with Gasteiger partial charge < -0.3 is 20.4 Å². The van der Waals surface area contributed by atoms with Crippen LogP contribution in [-0.2, 0) is 9.59 Å². The van der Waals surface area contributed by atoms with Crippen LogP contribution in [0.4, 0.5) is 14.5 Å². The fraction of sp³-hybridized carbons (Fsp3) is 0.286. The third-order valence-corrected chi connectivity index (χ3v) is 4.88. The molecule has 9 heteroatoms. The summed E-state index contributed by atoms with van der Waals surface area (Å²) in [5.41, 5.74) is 0.423. The van der Waals surface area contributed by atoms with Crippen molar-refractivity contribution in [1.29, 1.82) is 0 Å². The van der Waals surface area contributed by atoms with Crippen LogP contribution in [0.3, 0.4) is 0 Å². The van der Waals surface area contributed by atoms with Crippen LogP contribution in [0.5, 0.6) is 0 Å². The van der Waals surface area contributed by atoms with Gasteiger partial charge in [0.2, 0.25) is 5.91 Å². The van der Waals surface area contributed by atoms with E-state index in [9.17, 15) is 23.2 Å². The summed E-state index contributed by atoms with van der Waals surface area (Å²) in [4.78, 5) is 39.1. The summed E-state index contributed by atoms with van der Waals surface area (Å²) in [5.74, 6) is -2.09. The van der Waals surface area contributed by atoms with E-state index in [-0.39, 0.29) is 36.3 Å². The Hall–Kier alpha value is -3.33. The van der Waals surface area contributed by atoms with Gasteiger partial charge in [0.15, 0.2) is 6.54 Å². The lowest BCUT2D eigenvalue weighted by atomic mass is 10.2. The highest BCUT2D eigenvalue weighted by Gasteiger charge is 2.25. The van der Waals surface area contributed by atoms with Gasteiger partial charge in [-0.3, -0.25) is 14.4 Å². The van der Waals surface area contributed by atoms with Gasteiger partial charge >= 0.3 is 0 Å². The second-order valence-electron chi connectivity index (χ2n) is 7.03. The number of nitrogens with zero attached hydrogens (tertiary/aromatic N) is 1. The first kappa shape index (κ1) is 21.4. The Balaban J connectivity index is 1.39. The molecule has 0 spiro atoms. The minimum absolute atomic E-state index is 0.105. The highest BCUT2D eigenvalue weighted by Crippen LogP contribution is 2.07. The van der Waals surface area contributed by atoms with Gasteiger partial charge in [-0.25, -0.2) is 8.78 Å². The van der Waals surface area contributed by atoms with Gasteiger partial charge in [0.05, 0.1) is 38.3 Å². The lowest BCUT2D eigenvalue weighted by molar-refractivity contribution is -0.895. The van der Waals surface area contributed by atoms with Crippen LogP contribution in [0, 0.1) is 11.6 Å². The third kappa shape index (κ3) is 5.84. The van der Waals surface area contributed by atoms with Gasteiger partial charge in [0.25, 0.3) is 11.8 Å². The summed E-state index contributed by atoms with van der Waals surface area (Å²) in [7, 11) is 0. The van der Waals surface area contributed by atoms with Crippen molar-refractivity contribution in [2.75, 3.05) is 44.6 Å². The zero-order valence-corrected chi connectivity index (χ0v) is 16.3. The van der Waals surface area contributed by atoms with Crippen molar-refractivity contribution in [3.63, 3.8) is 0 Å². The van der Waals surface area contributed by atoms with Gasteiger partial charge in [0.1, 0.15) is 11.6 Å². The van der Waals surface area contributed by atoms with Crippen molar-refractivity contribution in [3.8, 4) is 0 Å². The maximum atomic E-state index is 13.6. The van der Waals surface area contributed by atoms with Gasteiger partial charge in [0, 0.05) is 5.69 Å². The molecule has 1 aliphatic rings. The zero-order valence-electron chi connectivity index (χ0n) is 16.3. The molecule has 2 aromatic rings. The molecule has 1 fully saturated rings. The Morgan fingerprint density at radius 2 is 1.63 bits per heavy atom. The first-order valence-electron chi connectivity index (χ1n) is 9.62. The number of rotatable bonds is 6. The van der Waals surface area contributed by atoms with E-state index in [0.29, 0.717) is 31.9 Å². The molecule has 0 unspecified atom stereocenters. The second-order valence-corrected chi connectivity index (χ2v) is 7.03. The molecule has 0 aromatic heterocycles. The lowest BCUT2D eigenvalue weighted by Crippen LogP contribution is -3.15. The summed E-state index contributed by atoms with van der Waals surface area (Å²) in [5, 5.41) is 5.16. The molecule has 30 heavy (non-hydrogen) atoms. The molecule has 3 amide bonds. The largest absolute Gasteiger partial charge is 0.343 e. The third-order valence-electron chi connectivity index (χ3n) is 4.88. The number of hydrogen-bond acceptors (Lipinski definition) is 3. The number of nitrogens with one attached hydrogen (secondary N) is 3. The molecular weight excluding hydrogens is 394 g/mol. The number of quaternary nitrogens is 1. The average molecular weight is 417 g/mol. The van der Waals surface area contributed by atoms with Crippen LogP contribution in [-0.4, -0.2) is 61.9 Å². The average Bonchev–Trinajstić information content (AvgIpc) is 2.74. The van der Waals surface area contributed by atoms with E-state index in [2.05, 4.69) is 10.6 Å². The minimum atomic E-state index is -0.640. The number of carbonyl (C=O) groups excluding carboxylic acids is 3. The molecule has 158 valence electrons. The molecule has 1 saturated heterocycles. The summed E-state index contributed by atoms with van der Waals surface area (Å²) >= 11 is 0. The normalized spacial score (nSPS) is 14.3. The summed E-state index contributed by atoms with van der Waals surface area (Å²) in [6.45, 7) is 2.10. The maximum absolute atomic E-state index is 13.6. The molecule has 0 aliphatic carbocycles. The standard InChI is InChI=1S/C21H22F2N4O3/c22-15-5-7-16(8-6-15)25-19(28)14-26-9-11-27(12-10-26)20(29)13-24-21(30)17-3-1-2-4-18(17)23/h1-8H,9-14H2,(H,24,30)(H,25,28)/p+1.